The Balaban J connectivity index is 0.000001000. The van der Waals surface area contributed by atoms with Gasteiger partial charge >= 0.3 is 0 Å². The Morgan fingerprint density at radius 2 is 2.18 bits per heavy atom. The molecule has 2 N–H and O–H groups in total. The van der Waals surface area contributed by atoms with Gasteiger partial charge in [0.15, 0.2) is 0 Å². The molecular formula is C8H13ClN2. The van der Waals surface area contributed by atoms with Crippen molar-refractivity contribution in [2.24, 2.45) is 0 Å². The topological polar surface area (TPSA) is 38.9 Å². The van der Waals surface area contributed by atoms with Crippen molar-refractivity contribution >= 4 is 18.1 Å². The number of hydrogen-bond acceptors (Lipinski definition) is 2. The van der Waals surface area contributed by atoms with Crippen molar-refractivity contribution in [2.75, 3.05) is 5.73 Å². The Morgan fingerprint density at radius 3 is 2.64 bits per heavy atom. The first-order valence-corrected chi connectivity index (χ1v) is 3.45. The molecule has 0 saturated heterocycles. The van der Waals surface area contributed by atoms with Crippen LogP contribution in [0.2, 0.25) is 0 Å². The maximum absolute atomic E-state index is 5.58. The van der Waals surface area contributed by atoms with Gasteiger partial charge < -0.3 is 5.73 Å². The van der Waals surface area contributed by atoms with Crippen LogP contribution in [0.1, 0.15) is 18.2 Å². The van der Waals surface area contributed by atoms with Crippen molar-refractivity contribution in [3.63, 3.8) is 0 Å². The molecule has 0 bridgehead atoms. The molecule has 0 aliphatic carbocycles. The number of pyridine rings is 1. The Kier molecular flexibility index (Phi) is 3.90. The predicted octanol–water partition coefficient (Wildman–Crippen LogP) is 1.96. The van der Waals surface area contributed by atoms with Crippen molar-refractivity contribution in [3.05, 3.63) is 23.5 Å². The fourth-order valence-corrected chi connectivity index (χ4v) is 0.818. The van der Waals surface area contributed by atoms with Crippen LogP contribution in [0.3, 0.4) is 0 Å². The third kappa shape index (κ3) is 2.39. The minimum atomic E-state index is 0. The number of hydrogen-bond donors (Lipinski definition) is 1. The lowest BCUT2D eigenvalue weighted by atomic mass is 10.2. The lowest BCUT2D eigenvalue weighted by Gasteiger charge is -2.00. The molecule has 1 heterocycles. The summed E-state index contributed by atoms with van der Waals surface area (Å²) < 4.78 is 0. The molecule has 0 radical (unpaired) electrons. The molecule has 62 valence electrons. The number of nitrogen functional groups attached to an aromatic ring is 1. The molecule has 3 heteroatoms. The van der Waals surface area contributed by atoms with E-state index in [-0.39, 0.29) is 12.4 Å². The zero-order valence-electron chi connectivity index (χ0n) is 6.79. The lowest BCUT2D eigenvalue weighted by molar-refractivity contribution is 1.03. The summed E-state index contributed by atoms with van der Waals surface area (Å²) in [6, 6.07) is 2.02. The highest BCUT2D eigenvalue weighted by molar-refractivity contribution is 5.85. The molecule has 11 heavy (non-hydrogen) atoms. The molecule has 0 aliphatic heterocycles. The first-order chi connectivity index (χ1) is 4.74. The summed E-state index contributed by atoms with van der Waals surface area (Å²) >= 11 is 0. The van der Waals surface area contributed by atoms with E-state index < -0.39 is 0 Å². The van der Waals surface area contributed by atoms with Gasteiger partial charge in [0.05, 0.1) is 11.9 Å². The summed E-state index contributed by atoms with van der Waals surface area (Å²) in [5.41, 5.74) is 8.58. The van der Waals surface area contributed by atoms with Gasteiger partial charge in [-0.25, -0.2) is 0 Å². The zero-order chi connectivity index (χ0) is 7.56. The Labute approximate surface area is 73.2 Å². The number of halogens is 1. The molecular weight excluding hydrogens is 160 g/mol. The monoisotopic (exact) mass is 172 g/mol. The summed E-state index contributed by atoms with van der Waals surface area (Å²) in [6.45, 7) is 4.08. The summed E-state index contributed by atoms with van der Waals surface area (Å²) in [7, 11) is 0. The molecule has 2 nitrogen and oxygen atoms in total. The normalized spacial score (nSPS) is 8.91. The average Bonchev–Trinajstić information content (AvgIpc) is 1.95. The molecule has 0 fully saturated rings. The highest BCUT2D eigenvalue weighted by atomic mass is 35.5. The van der Waals surface area contributed by atoms with E-state index in [0.717, 1.165) is 23.4 Å². The van der Waals surface area contributed by atoms with Crippen LogP contribution in [-0.4, -0.2) is 4.98 Å². The number of nitrogens with two attached hydrogens (primary N) is 1. The average molecular weight is 173 g/mol. The van der Waals surface area contributed by atoms with Gasteiger partial charge in [-0.15, -0.1) is 12.4 Å². The summed E-state index contributed by atoms with van der Waals surface area (Å²) in [4.78, 5) is 4.13. The second-order valence-electron chi connectivity index (χ2n) is 2.39. The molecule has 1 aromatic rings. The molecule has 0 saturated carbocycles. The van der Waals surface area contributed by atoms with Crippen molar-refractivity contribution in [1.29, 1.82) is 0 Å². The first kappa shape index (κ1) is 10.2. The lowest BCUT2D eigenvalue weighted by Crippen LogP contribution is -1.94. The second kappa shape index (κ2) is 4.19. The molecule has 0 aliphatic rings. The molecule has 0 aromatic carbocycles. The van der Waals surface area contributed by atoms with Gasteiger partial charge in [-0.1, -0.05) is 6.92 Å². The largest absolute Gasteiger partial charge is 0.397 e. The van der Waals surface area contributed by atoms with E-state index in [0.29, 0.717) is 0 Å². The molecule has 1 aromatic heterocycles. The summed E-state index contributed by atoms with van der Waals surface area (Å²) in [5, 5.41) is 0. The van der Waals surface area contributed by atoms with Crippen LogP contribution < -0.4 is 5.73 Å². The quantitative estimate of drug-likeness (QED) is 0.704. The van der Waals surface area contributed by atoms with Crippen LogP contribution in [-0.2, 0) is 6.42 Å². The van der Waals surface area contributed by atoms with E-state index in [1.54, 1.807) is 6.20 Å². The summed E-state index contributed by atoms with van der Waals surface area (Å²) in [5.74, 6) is 0. The van der Waals surface area contributed by atoms with E-state index >= 15 is 0 Å². The van der Waals surface area contributed by atoms with Crippen LogP contribution in [0.4, 0.5) is 5.69 Å². The maximum Gasteiger partial charge on any atom is 0.0530 e. The van der Waals surface area contributed by atoms with Crippen molar-refractivity contribution in [3.8, 4) is 0 Å². The van der Waals surface area contributed by atoms with Crippen LogP contribution in [0.25, 0.3) is 0 Å². The van der Waals surface area contributed by atoms with Crippen molar-refractivity contribution < 1.29 is 0 Å². The van der Waals surface area contributed by atoms with Gasteiger partial charge in [0.1, 0.15) is 0 Å². The van der Waals surface area contributed by atoms with Crippen molar-refractivity contribution in [1.82, 2.24) is 4.98 Å². The van der Waals surface area contributed by atoms with E-state index in [4.69, 9.17) is 5.73 Å². The van der Waals surface area contributed by atoms with Gasteiger partial charge in [-0.3, -0.25) is 4.98 Å². The molecule has 0 amide bonds. The van der Waals surface area contributed by atoms with E-state index in [1.165, 1.54) is 0 Å². The standard InChI is InChI=1S/C8H12N2.ClH/c1-3-7-4-6(2)8(9)5-10-7;/h4-5H,3,9H2,1-2H3;1H. The Bertz CT molecular complexity index is 236. The number of aromatic nitrogens is 1. The summed E-state index contributed by atoms with van der Waals surface area (Å²) in [6.07, 6.45) is 2.69. The van der Waals surface area contributed by atoms with E-state index in [2.05, 4.69) is 11.9 Å². The van der Waals surface area contributed by atoms with Crippen molar-refractivity contribution in [2.45, 2.75) is 20.3 Å². The SMILES string of the molecule is CCc1cc(C)c(N)cn1.Cl. The first-order valence-electron chi connectivity index (χ1n) is 3.45. The van der Waals surface area contributed by atoms with Crippen LogP contribution in [0.5, 0.6) is 0 Å². The Morgan fingerprint density at radius 1 is 1.55 bits per heavy atom. The fraction of sp³-hybridized carbons (Fsp3) is 0.375. The second-order valence-corrected chi connectivity index (χ2v) is 2.39. The van der Waals surface area contributed by atoms with Gasteiger partial charge in [-0.2, -0.15) is 0 Å². The number of anilines is 1. The van der Waals surface area contributed by atoms with Gasteiger partial charge in [0.25, 0.3) is 0 Å². The molecule has 0 spiro atoms. The number of nitrogens with zero attached hydrogens (tertiary/aromatic N) is 1. The highest BCUT2D eigenvalue weighted by Gasteiger charge is 1.94. The third-order valence-electron chi connectivity index (χ3n) is 1.57. The Hall–Kier alpha value is -0.760. The zero-order valence-corrected chi connectivity index (χ0v) is 7.61. The number of rotatable bonds is 1. The van der Waals surface area contributed by atoms with E-state index in [1.807, 2.05) is 13.0 Å². The van der Waals surface area contributed by atoms with Gasteiger partial charge in [0.2, 0.25) is 0 Å². The maximum atomic E-state index is 5.58. The van der Waals surface area contributed by atoms with Crippen LogP contribution >= 0.6 is 12.4 Å². The third-order valence-corrected chi connectivity index (χ3v) is 1.57. The van der Waals surface area contributed by atoms with E-state index in [9.17, 15) is 0 Å². The molecule has 0 atom stereocenters. The minimum Gasteiger partial charge on any atom is -0.397 e. The number of aryl methyl sites for hydroxylation is 2. The highest BCUT2D eigenvalue weighted by Crippen LogP contribution is 2.09. The van der Waals surface area contributed by atoms with Gasteiger partial charge in [-0.05, 0) is 25.0 Å². The molecule has 1 rings (SSSR count). The molecule has 0 unspecified atom stereocenters. The fourth-order valence-electron chi connectivity index (χ4n) is 0.818. The minimum absolute atomic E-state index is 0. The van der Waals surface area contributed by atoms with Crippen LogP contribution in [0.15, 0.2) is 12.3 Å². The van der Waals surface area contributed by atoms with Crippen LogP contribution in [0, 0.1) is 6.92 Å². The van der Waals surface area contributed by atoms with Gasteiger partial charge in [0, 0.05) is 5.69 Å². The predicted molar refractivity (Wildman–Crippen MR) is 50.0 cm³/mol. The smallest absolute Gasteiger partial charge is 0.0530 e.